The molecule has 0 unspecified atom stereocenters. The molecule has 0 atom stereocenters. The molecule has 0 spiro atoms. The van der Waals surface area contributed by atoms with Crippen LogP contribution in [0.1, 0.15) is 18.1 Å². The number of nitriles is 1. The van der Waals surface area contributed by atoms with Gasteiger partial charge in [-0.25, -0.2) is 4.79 Å². The average Bonchev–Trinajstić information content (AvgIpc) is 2.66. The first-order chi connectivity index (χ1) is 13.0. The van der Waals surface area contributed by atoms with Crippen LogP contribution < -0.4 is 10.6 Å². The fourth-order valence-corrected chi connectivity index (χ4v) is 2.12. The van der Waals surface area contributed by atoms with Crippen LogP contribution in [-0.2, 0) is 19.1 Å². The normalized spacial score (nSPS) is 10.4. The number of amides is 2. The Kier molecular flexibility index (Phi) is 6.85. The summed E-state index contributed by atoms with van der Waals surface area (Å²) in [6.45, 7) is 0.725. The predicted octanol–water partition coefficient (Wildman–Crippen LogP) is 2.22. The lowest BCUT2D eigenvalue weighted by Gasteiger charge is -2.10. The van der Waals surface area contributed by atoms with E-state index >= 15 is 0 Å². The van der Waals surface area contributed by atoms with Crippen molar-refractivity contribution in [3.8, 4) is 6.07 Å². The van der Waals surface area contributed by atoms with Gasteiger partial charge in [-0.2, -0.15) is 5.26 Å². The van der Waals surface area contributed by atoms with Crippen LogP contribution in [0.15, 0.2) is 60.3 Å². The second-order valence-electron chi connectivity index (χ2n) is 5.47. The molecular formula is C20H17N3O4. The molecule has 27 heavy (non-hydrogen) atoms. The SMILES string of the molecule is CC(=O)NC(=Cc1ccccc1)C(=O)OCC(=O)Nc1cccc(C#N)c1. The minimum absolute atomic E-state index is 0.0759. The van der Waals surface area contributed by atoms with Gasteiger partial charge < -0.3 is 15.4 Å². The number of carbonyl (C=O) groups is 3. The number of carbonyl (C=O) groups excluding carboxylic acids is 3. The van der Waals surface area contributed by atoms with E-state index in [2.05, 4.69) is 10.6 Å². The molecule has 136 valence electrons. The van der Waals surface area contributed by atoms with Crippen molar-refractivity contribution < 1.29 is 19.1 Å². The van der Waals surface area contributed by atoms with Gasteiger partial charge in [-0.3, -0.25) is 9.59 Å². The molecule has 2 amide bonds. The summed E-state index contributed by atoms with van der Waals surface area (Å²) in [7, 11) is 0. The monoisotopic (exact) mass is 363 g/mol. The highest BCUT2D eigenvalue weighted by molar-refractivity contribution is 5.99. The van der Waals surface area contributed by atoms with Gasteiger partial charge in [0.25, 0.3) is 5.91 Å². The second-order valence-corrected chi connectivity index (χ2v) is 5.47. The third kappa shape index (κ3) is 6.48. The first-order valence-electron chi connectivity index (χ1n) is 7.99. The number of esters is 1. The van der Waals surface area contributed by atoms with Gasteiger partial charge in [0.05, 0.1) is 11.6 Å². The fourth-order valence-electron chi connectivity index (χ4n) is 2.12. The number of hydrogen-bond donors (Lipinski definition) is 2. The van der Waals surface area contributed by atoms with Gasteiger partial charge in [-0.1, -0.05) is 36.4 Å². The van der Waals surface area contributed by atoms with E-state index in [1.807, 2.05) is 12.1 Å². The molecule has 0 aliphatic carbocycles. The molecule has 0 aliphatic heterocycles. The van der Waals surface area contributed by atoms with Gasteiger partial charge in [0, 0.05) is 12.6 Å². The van der Waals surface area contributed by atoms with E-state index in [4.69, 9.17) is 10.00 Å². The zero-order valence-corrected chi connectivity index (χ0v) is 14.6. The van der Waals surface area contributed by atoms with Crippen molar-refractivity contribution in [1.29, 1.82) is 5.26 Å². The third-order valence-corrected chi connectivity index (χ3v) is 3.25. The summed E-state index contributed by atoms with van der Waals surface area (Å²) in [6, 6.07) is 17.2. The van der Waals surface area contributed by atoms with E-state index in [1.54, 1.807) is 42.5 Å². The highest BCUT2D eigenvalue weighted by atomic mass is 16.5. The molecule has 0 bridgehead atoms. The van der Waals surface area contributed by atoms with Crippen LogP contribution in [0.3, 0.4) is 0 Å². The lowest BCUT2D eigenvalue weighted by Crippen LogP contribution is -2.28. The maximum absolute atomic E-state index is 12.2. The molecule has 2 N–H and O–H groups in total. The number of benzene rings is 2. The fraction of sp³-hybridized carbons (Fsp3) is 0.100. The van der Waals surface area contributed by atoms with Gasteiger partial charge in [-0.05, 0) is 29.8 Å². The van der Waals surface area contributed by atoms with E-state index in [0.717, 1.165) is 0 Å². The molecule has 7 heteroatoms. The summed E-state index contributed by atoms with van der Waals surface area (Å²) in [4.78, 5) is 35.5. The van der Waals surface area contributed by atoms with Gasteiger partial charge in [0.2, 0.25) is 5.91 Å². The Labute approximate surface area is 156 Å². The smallest absolute Gasteiger partial charge is 0.355 e. The lowest BCUT2D eigenvalue weighted by atomic mass is 10.2. The Morgan fingerprint density at radius 1 is 1.11 bits per heavy atom. The molecule has 2 aromatic rings. The maximum Gasteiger partial charge on any atom is 0.355 e. The molecule has 0 heterocycles. The summed E-state index contributed by atoms with van der Waals surface area (Å²) in [6.07, 6.45) is 1.46. The highest BCUT2D eigenvalue weighted by Crippen LogP contribution is 2.10. The highest BCUT2D eigenvalue weighted by Gasteiger charge is 2.15. The molecule has 0 saturated heterocycles. The van der Waals surface area contributed by atoms with Crippen molar-refractivity contribution in [2.75, 3.05) is 11.9 Å². The number of anilines is 1. The number of rotatable bonds is 6. The molecule has 0 radical (unpaired) electrons. The zero-order chi connectivity index (χ0) is 19.6. The minimum atomic E-state index is -0.838. The third-order valence-electron chi connectivity index (χ3n) is 3.25. The molecular weight excluding hydrogens is 346 g/mol. The Hall–Kier alpha value is -3.92. The number of hydrogen-bond acceptors (Lipinski definition) is 5. The largest absolute Gasteiger partial charge is 0.451 e. The standard InChI is InChI=1S/C20H17N3O4/c1-14(24)22-18(11-15-6-3-2-4-7-15)20(26)27-13-19(25)23-17-9-5-8-16(10-17)12-21/h2-11H,13H2,1H3,(H,22,24)(H,23,25). The van der Waals surface area contributed by atoms with E-state index in [0.29, 0.717) is 16.8 Å². The topological polar surface area (TPSA) is 108 Å². The van der Waals surface area contributed by atoms with Crippen LogP contribution >= 0.6 is 0 Å². The van der Waals surface area contributed by atoms with Crippen molar-refractivity contribution in [1.82, 2.24) is 5.32 Å². The minimum Gasteiger partial charge on any atom is -0.451 e. The summed E-state index contributed by atoms with van der Waals surface area (Å²) in [5.74, 6) is -1.85. The molecule has 0 aromatic heterocycles. The first-order valence-corrected chi connectivity index (χ1v) is 7.99. The zero-order valence-electron chi connectivity index (χ0n) is 14.6. The maximum atomic E-state index is 12.2. The van der Waals surface area contributed by atoms with Gasteiger partial charge in [-0.15, -0.1) is 0 Å². The van der Waals surface area contributed by atoms with Crippen LogP contribution in [0.4, 0.5) is 5.69 Å². The van der Waals surface area contributed by atoms with Crippen molar-refractivity contribution in [3.05, 3.63) is 71.4 Å². The molecule has 0 fully saturated rings. The quantitative estimate of drug-likeness (QED) is 0.604. The van der Waals surface area contributed by atoms with Crippen LogP contribution in [0.2, 0.25) is 0 Å². The van der Waals surface area contributed by atoms with Gasteiger partial charge in [0.15, 0.2) is 6.61 Å². The van der Waals surface area contributed by atoms with Crippen molar-refractivity contribution in [3.63, 3.8) is 0 Å². The summed E-state index contributed by atoms with van der Waals surface area (Å²) >= 11 is 0. The van der Waals surface area contributed by atoms with E-state index in [-0.39, 0.29) is 5.70 Å². The molecule has 7 nitrogen and oxygen atoms in total. The molecule has 2 aromatic carbocycles. The number of ether oxygens (including phenoxy) is 1. The Balaban J connectivity index is 2.00. The summed E-state index contributed by atoms with van der Waals surface area (Å²) in [5, 5.41) is 13.8. The van der Waals surface area contributed by atoms with Crippen LogP contribution in [0.25, 0.3) is 6.08 Å². The first kappa shape index (κ1) is 19.4. The lowest BCUT2D eigenvalue weighted by molar-refractivity contribution is -0.144. The summed E-state index contributed by atoms with van der Waals surface area (Å²) < 4.78 is 4.97. The van der Waals surface area contributed by atoms with E-state index in [1.165, 1.54) is 19.1 Å². The van der Waals surface area contributed by atoms with Gasteiger partial charge in [0.1, 0.15) is 5.70 Å². The van der Waals surface area contributed by atoms with E-state index in [9.17, 15) is 14.4 Å². The molecule has 0 saturated carbocycles. The molecule has 0 aliphatic rings. The predicted molar refractivity (Wildman–Crippen MR) is 99.0 cm³/mol. The van der Waals surface area contributed by atoms with E-state index < -0.39 is 24.4 Å². The Morgan fingerprint density at radius 2 is 1.85 bits per heavy atom. The Morgan fingerprint density at radius 3 is 2.52 bits per heavy atom. The second kappa shape index (κ2) is 9.53. The van der Waals surface area contributed by atoms with Crippen molar-refractivity contribution in [2.24, 2.45) is 0 Å². The number of nitrogens with zero attached hydrogens (tertiary/aromatic N) is 1. The summed E-state index contributed by atoms with van der Waals surface area (Å²) in [5.41, 5.74) is 1.42. The van der Waals surface area contributed by atoms with Crippen LogP contribution in [0, 0.1) is 11.3 Å². The van der Waals surface area contributed by atoms with Gasteiger partial charge >= 0.3 is 5.97 Å². The van der Waals surface area contributed by atoms with Crippen LogP contribution in [-0.4, -0.2) is 24.4 Å². The van der Waals surface area contributed by atoms with Crippen LogP contribution in [0.5, 0.6) is 0 Å². The molecule has 2 rings (SSSR count). The number of nitrogens with one attached hydrogen (secondary N) is 2. The van der Waals surface area contributed by atoms with Crippen molar-refractivity contribution >= 4 is 29.5 Å². The Bertz CT molecular complexity index is 914. The van der Waals surface area contributed by atoms with Crippen molar-refractivity contribution in [2.45, 2.75) is 6.92 Å². The average molecular weight is 363 g/mol.